The number of amides is 1. The van der Waals surface area contributed by atoms with Gasteiger partial charge in [0.2, 0.25) is 5.91 Å². The molecule has 6 heteroatoms. The van der Waals surface area contributed by atoms with E-state index >= 15 is 0 Å². The zero-order chi connectivity index (χ0) is 18.5. The summed E-state index contributed by atoms with van der Waals surface area (Å²) >= 11 is 1.34. The van der Waals surface area contributed by atoms with Gasteiger partial charge in [-0.1, -0.05) is 60.3 Å². The Balaban J connectivity index is 1.46. The number of benzene rings is 3. The molecule has 1 saturated heterocycles. The van der Waals surface area contributed by atoms with Crippen molar-refractivity contribution in [3.8, 4) is 5.75 Å². The van der Waals surface area contributed by atoms with Crippen LogP contribution in [0.1, 0.15) is 11.1 Å². The van der Waals surface area contributed by atoms with Crippen LogP contribution < -0.4 is 10.1 Å². The van der Waals surface area contributed by atoms with Gasteiger partial charge in [-0.3, -0.25) is 4.79 Å². The van der Waals surface area contributed by atoms with Crippen molar-refractivity contribution in [2.75, 3.05) is 5.75 Å². The fourth-order valence-electron chi connectivity index (χ4n) is 2.73. The van der Waals surface area contributed by atoms with E-state index in [0.29, 0.717) is 17.5 Å². The summed E-state index contributed by atoms with van der Waals surface area (Å²) < 4.78 is 6.00. The lowest BCUT2D eigenvalue weighted by Crippen LogP contribution is -2.19. The molecule has 1 aliphatic rings. The van der Waals surface area contributed by atoms with Crippen molar-refractivity contribution >= 4 is 39.8 Å². The first-order chi connectivity index (χ1) is 13.3. The Morgan fingerprint density at radius 2 is 1.85 bits per heavy atom. The van der Waals surface area contributed by atoms with E-state index in [1.54, 1.807) is 6.21 Å². The number of ether oxygens (including phenoxy) is 1. The molecule has 1 fully saturated rings. The van der Waals surface area contributed by atoms with E-state index in [-0.39, 0.29) is 5.91 Å². The first-order valence-electron chi connectivity index (χ1n) is 8.51. The molecular weight excluding hydrogens is 358 g/mol. The molecule has 0 aromatic heterocycles. The van der Waals surface area contributed by atoms with Crippen LogP contribution in [0.4, 0.5) is 0 Å². The van der Waals surface area contributed by atoms with E-state index in [1.807, 2.05) is 36.4 Å². The molecule has 3 aromatic rings. The molecule has 0 bridgehead atoms. The summed E-state index contributed by atoms with van der Waals surface area (Å²) in [4.78, 5) is 11.2. The number of nitrogens with one attached hydrogen (secondary N) is 1. The van der Waals surface area contributed by atoms with E-state index in [1.165, 1.54) is 22.5 Å². The summed E-state index contributed by atoms with van der Waals surface area (Å²) in [6.45, 7) is 0.468. The minimum absolute atomic E-state index is 0.0481. The maximum atomic E-state index is 11.2. The van der Waals surface area contributed by atoms with Gasteiger partial charge in [-0.2, -0.15) is 5.10 Å². The highest BCUT2D eigenvalue weighted by atomic mass is 32.2. The molecule has 4 rings (SSSR count). The predicted molar refractivity (Wildman–Crippen MR) is 110 cm³/mol. The van der Waals surface area contributed by atoms with Crippen LogP contribution in [0.25, 0.3) is 10.8 Å². The zero-order valence-electron chi connectivity index (χ0n) is 14.5. The summed E-state index contributed by atoms with van der Waals surface area (Å²) in [5, 5.41) is 13.7. The lowest BCUT2D eigenvalue weighted by Gasteiger charge is -2.09. The Bertz CT molecular complexity index is 1050. The molecule has 0 spiro atoms. The van der Waals surface area contributed by atoms with Gasteiger partial charge in [0.1, 0.15) is 12.4 Å². The number of amidine groups is 1. The third-order valence-electron chi connectivity index (χ3n) is 4.06. The number of carbonyl (C=O) groups is 1. The Labute approximate surface area is 161 Å². The Kier molecular flexibility index (Phi) is 5.16. The average Bonchev–Trinajstić information content (AvgIpc) is 3.12. The van der Waals surface area contributed by atoms with Crippen molar-refractivity contribution in [1.82, 2.24) is 5.32 Å². The van der Waals surface area contributed by atoms with Gasteiger partial charge in [-0.05, 0) is 34.5 Å². The topological polar surface area (TPSA) is 63.0 Å². The second kappa shape index (κ2) is 8.05. The second-order valence-electron chi connectivity index (χ2n) is 5.99. The van der Waals surface area contributed by atoms with Crippen LogP contribution in [-0.4, -0.2) is 23.0 Å². The molecule has 134 valence electrons. The van der Waals surface area contributed by atoms with Gasteiger partial charge in [-0.25, -0.2) is 0 Å². The van der Waals surface area contributed by atoms with E-state index in [4.69, 9.17) is 4.74 Å². The molecule has 1 N–H and O–H groups in total. The number of carbonyl (C=O) groups excluding carboxylic acids is 1. The number of hydrogen-bond acceptors (Lipinski definition) is 5. The monoisotopic (exact) mass is 375 g/mol. The second-order valence-corrected chi connectivity index (χ2v) is 6.96. The van der Waals surface area contributed by atoms with Gasteiger partial charge >= 0.3 is 0 Å². The first kappa shape index (κ1) is 17.3. The van der Waals surface area contributed by atoms with Gasteiger partial charge in [0, 0.05) is 5.56 Å². The van der Waals surface area contributed by atoms with Crippen LogP contribution >= 0.6 is 11.8 Å². The first-order valence-corrected chi connectivity index (χ1v) is 9.50. The molecule has 1 heterocycles. The van der Waals surface area contributed by atoms with Crippen molar-refractivity contribution in [1.29, 1.82) is 0 Å². The highest BCUT2D eigenvalue weighted by Gasteiger charge is 2.15. The lowest BCUT2D eigenvalue weighted by atomic mass is 10.1. The van der Waals surface area contributed by atoms with Crippen molar-refractivity contribution in [2.24, 2.45) is 10.2 Å². The van der Waals surface area contributed by atoms with Crippen molar-refractivity contribution in [2.45, 2.75) is 6.61 Å². The minimum Gasteiger partial charge on any atom is -0.488 e. The van der Waals surface area contributed by atoms with Crippen LogP contribution in [0, 0.1) is 0 Å². The van der Waals surface area contributed by atoms with E-state index in [9.17, 15) is 4.79 Å². The minimum atomic E-state index is -0.0481. The van der Waals surface area contributed by atoms with Gasteiger partial charge in [0.05, 0.1) is 12.0 Å². The normalized spacial score (nSPS) is 15.6. The molecule has 0 radical (unpaired) electrons. The van der Waals surface area contributed by atoms with Crippen molar-refractivity contribution in [3.05, 3.63) is 77.9 Å². The smallest absolute Gasteiger partial charge is 0.236 e. The van der Waals surface area contributed by atoms with Crippen LogP contribution in [-0.2, 0) is 11.4 Å². The third-order valence-corrected chi connectivity index (χ3v) is 4.92. The van der Waals surface area contributed by atoms with Gasteiger partial charge < -0.3 is 10.1 Å². The molecule has 0 aliphatic carbocycles. The molecule has 0 saturated carbocycles. The number of para-hydroxylation sites is 1. The number of nitrogens with zero attached hydrogens (tertiary/aromatic N) is 2. The van der Waals surface area contributed by atoms with Crippen molar-refractivity contribution in [3.63, 3.8) is 0 Å². The third kappa shape index (κ3) is 4.35. The number of rotatable bonds is 5. The predicted octanol–water partition coefficient (Wildman–Crippen LogP) is 3.97. The summed E-state index contributed by atoms with van der Waals surface area (Å²) in [5.74, 6) is 1.07. The molecule has 3 aromatic carbocycles. The van der Waals surface area contributed by atoms with E-state index < -0.39 is 0 Å². The number of thioether (sulfide) groups is 1. The number of hydrogen-bond donors (Lipinski definition) is 1. The average molecular weight is 375 g/mol. The van der Waals surface area contributed by atoms with Crippen molar-refractivity contribution < 1.29 is 9.53 Å². The highest BCUT2D eigenvalue weighted by Crippen LogP contribution is 2.20. The quantitative estimate of drug-likeness (QED) is 0.542. The maximum absolute atomic E-state index is 11.2. The Morgan fingerprint density at radius 3 is 2.70 bits per heavy atom. The Morgan fingerprint density at radius 1 is 1.04 bits per heavy atom. The van der Waals surface area contributed by atoms with Gasteiger partial charge in [0.25, 0.3) is 0 Å². The summed E-state index contributed by atoms with van der Waals surface area (Å²) in [5.41, 5.74) is 1.93. The lowest BCUT2D eigenvalue weighted by molar-refractivity contribution is -0.116. The standard InChI is InChI=1S/C21H17N3O2S/c25-20-14-27-21(23-20)24-22-12-18-7-3-4-8-19(18)26-13-15-9-10-16-5-1-2-6-17(16)11-15/h1-12H,13-14H2,(H,23,24,25). The SMILES string of the molecule is O=C1CSC(=NN=Cc2ccccc2OCc2ccc3ccccc3c2)N1. The largest absolute Gasteiger partial charge is 0.488 e. The van der Waals surface area contributed by atoms with E-state index in [2.05, 4.69) is 45.9 Å². The number of fused-ring (bicyclic) bond motifs is 1. The fourth-order valence-corrected chi connectivity index (χ4v) is 3.36. The molecule has 0 atom stereocenters. The molecule has 1 amide bonds. The van der Waals surface area contributed by atoms with E-state index in [0.717, 1.165) is 16.9 Å². The zero-order valence-corrected chi connectivity index (χ0v) is 15.3. The van der Waals surface area contributed by atoms with Crippen LogP contribution in [0.5, 0.6) is 5.75 Å². The molecule has 0 unspecified atom stereocenters. The van der Waals surface area contributed by atoms with Gasteiger partial charge in [0.15, 0.2) is 5.17 Å². The Hall–Kier alpha value is -3.12. The van der Waals surface area contributed by atoms with Crippen LogP contribution in [0.15, 0.2) is 76.9 Å². The molecule has 27 heavy (non-hydrogen) atoms. The summed E-state index contributed by atoms with van der Waals surface area (Å²) in [6.07, 6.45) is 1.63. The maximum Gasteiger partial charge on any atom is 0.236 e. The molecule has 5 nitrogen and oxygen atoms in total. The summed E-state index contributed by atoms with van der Waals surface area (Å²) in [7, 11) is 0. The van der Waals surface area contributed by atoms with Crippen LogP contribution in [0.3, 0.4) is 0 Å². The summed E-state index contributed by atoms with van der Waals surface area (Å²) in [6, 6.07) is 22.2. The van der Waals surface area contributed by atoms with Crippen LogP contribution in [0.2, 0.25) is 0 Å². The highest BCUT2D eigenvalue weighted by molar-refractivity contribution is 8.15. The fraction of sp³-hybridized carbons (Fsp3) is 0.0952. The molecule has 1 aliphatic heterocycles. The van der Waals surface area contributed by atoms with Gasteiger partial charge in [-0.15, -0.1) is 5.10 Å². The molecular formula is C21H17N3O2S.